The average molecular weight is 434 g/mol. The van der Waals surface area contributed by atoms with E-state index in [1.807, 2.05) is 37.3 Å². The number of carbonyl (C=O) groups is 3. The highest BCUT2D eigenvalue weighted by Gasteiger charge is 2.40. The van der Waals surface area contributed by atoms with E-state index < -0.39 is 5.92 Å². The summed E-state index contributed by atoms with van der Waals surface area (Å²) in [7, 11) is 3.13. The van der Waals surface area contributed by atoms with Crippen molar-refractivity contribution in [3.05, 3.63) is 64.9 Å². The van der Waals surface area contributed by atoms with Gasteiger partial charge in [0, 0.05) is 24.1 Å². The lowest BCUT2D eigenvalue weighted by Gasteiger charge is -2.33. The van der Waals surface area contributed by atoms with E-state index in [-0.39, 0.29) is 29.9 Å². The highest BCUT2D eigenvalue weighted by atomic mass is 16.5. The fourth-order valence-corrected chi connectivity index (χ4v) is 4.44. The van der Waals surface area contributed by atoms with Crippen molar-refractivity contribution in [2.75, 3.05) is 19.5 Å². The standard InChI is InChI=1S/C25H26N2O5/c1-14-4-9-22(32-3)19(10-14)27-25(30)18-13-23(29)26-20-11-16(12-21(28)24(18)20)15-5-7-17(31-2)8-6-15/h4-10,16,18H,11-13H2,1-3H3,(H,26,29)(H,27,30). The number of ketones is 1. The van der Waals surface area contributed by atoms with Crippen molar-refractivity contribution in [3.63, 3.8) is 0 Å². The van der Waals surface area contributed by atoms with E-state index in [0.29, 0.717) is 35.5 Å². The number of anilines is 1. The number of rotatable bonds is 5. The fourth-order valence-electron chi connectivity index (χ4n) is 4.44. The van der Waals surface area contributed by atoms with E-state index in [2.05, 4.69) is 10.6 Å². The predicted octanol–water partition coefficient (Wildman–Crippen LogP) is 3.49. The maximum absolute atomic E-state index is 13.2. The molecule has 1 aliphatic heterocycles. The van der Waals surface area contributed by atoms with Gasteiger partial charge in [-0.05, 0) is 54.7 Å². The van der Waals surface area contributed by atoms with Crippen LogP contribution in [-0.2, 0) is 14.4 Å². The SMILES string of the molecule is COc1ccc(C2CC(=O)C3=C(C2)NC(=O)CC3C(=O)Nc2cc(C)ccc2OC)cc1. The molecule has 2 aromatic carbocycles. The molecule has 0 aromatic heterocycles. The van der Waals surface area contributed by atoms with Gasteiger partial charge in [-0.25, -0.2) is 0 Å². The number of allylic oxidation sites excluding steroid dienone is 1. The van der Waals surface area contributed by atoms with Crippen LogP contribution < -0.4 is 20.1 Å². The number of nitrogens with one attached hydrogen (secondary N) is 2. The molecule has 32 heavy (non-hydrogen) atoms. The van der Waals surface area contributed by atoms with Gasteiger partial charge in [0.05, 0.1) is 25.8 Å². The van der Waals surface area contributed by atoms with Crippen LogP contribution in [0.4, 0.5) is 5.69 Å². The normalized spacial score (nSPS) is 20.3. The zero-order valence-electron chi connectivity index (χ0n) is 18.4. The molecule has 1 heterocycles. The molecule has 0 saturated heterocycles. The second-order valence-corrected chi connectivity index (χ2v) is 8.19. The van der Waals surface area contributed by atoms with Crippen LogP contribution in [0.3, 0.4) is 0 Å². The minimum Gasteiger partial charge on any atom is -0.497 e. The molecule has 7 nitrogen and oxygen atoms in total. The van der Waals surface area contributed by atoms with Gasteiger partial charge in [-0.3, -0.25) is 14.4 Å². The molecule has 4 rings (SSSR count). The zero-order chi connectivity index (χ0) is 22.8. The second-order valence-electron chi connectivity index (χ2n) is 8.19. The lowest BCUT2D eigenvalue weighted by atomic mass is 9.75. The summed E-state index contributed by atoms with van der Waals surface area (Å²) in [6.07, 6.45) is 0.729. The molecule has 1 aliphatic carbocycles. The van der Waals surface area contributed by atoms with E-state index in [9.17, 15) is 14.4 Å². The minimum atomic E-state index is -0.826. The summed E-state index contributed by atoms with van der Waals surface area (Å²) in [5.41, 5.74) is 3.44. The van der Waals surface area contributed by atoms with Crippen molar-refractivity contribution in [3.8, 4) is 11.5 Å². The number of aryl methyl sites for hydroxylation is 1. The van der Waals surface area contributed by atoms with Crippen molar-refractivity contribution >= 4 is 23.3 Å². The van der Waals surface area contributed by atoms with Gasteiger partial charge >= 0.3 is 0 Å². The monoisotopic (exact) mass is 434 g/mol. The van der Waals surface area contributed by atoms with Gasteiger partial charge in [-0.15, -0.1) is 0 Å². The van der Waals surface area contributed by atoms with Crippen LogP contribution in [0.1, 0.15) is 36.3 Å². The van der Waals surface area contributed by atoms with Crippen LogP contribution in [0, 0.1) is 12.8 Å². The Morgan fingerprint density at radius 1 is 1.00 bits per heavy atom. The van der Waals surface area contributed by atoms with Gasteiger partial charge in [0.15, 0.2) is 5.78 Å². The van der Waals surface area contributed by atoms with Gasteiger partial charge in [-0.1, -0.05) is 18.2 Å². The number of benzene rings is 2. The lowest BCUT2D eigenvalue weighted by Crippen LogP contribution is -2.43. The van der Waals surface area contributed by atoms with Crippen LogP contribution in [-0.4, -0.2) is 31.8 Å². The Morgan fingerprint density at radius 3 is 2.44 bits per heavy atom. The van der Waals surface area contributed by atoms with E-state index >= 15 is 0 Å². The first-order valence-electron chi connectivity index (χ1n) is 10.5. The summed E-state index contributed by atoms with van der Waals surface area (Å²) in [4.78, 5) is 38.7. The Balaban J connectivity index is 1.60. The lowest BCUT2D eigenvalue weighted by molar-refractivity contribution is -0.129. The largest absolute Gasteiger partial charge is 0.497 e. The predicted molar refractivity (Wildman–Crippen MR) is 120 cm³/mol. The number of methoxy groups -OCH3 is 2. The van der Waals surface area contributed by atoms with Gasteiger partial charge in [0.2, 0.25) is 11.8 Å². The van der Waals surface area contributed by atoms with Crippen molar-refractivity contribution in [1.82, 2.24) is 5.32 Å². The molecule has 0 radical (unpaired) electrons. The van der Waals surface area contributed by atoms with Crippen LogP contribution in [0.15, 0.2) is 53.7 Å². The fraction of sp³-hybridized carbons (Fsp3) is 0.320. The number of Topliss-reactive ketones (excluding diaryl/α,β-unsaturated/α-hetero) is 1. The van der Waals surface area contributed by atoms with E-state index in [4.69, 9.17) is 9.47 Å². The Kier molecular flexibility index (Phi) is 5.99. The first-order valence-corrected chi connectivity index (χ1v) is 10.5. The zero-order valence-corrected chi connectivity index (χ0v) is 18.4. The van der Waals surface area contributed by atoms with Crippen LogP contribution in [0.2, 0.25) is 0 Å². The topological polar surface area (TPSA) is 93.7 Å². The minimum absolute atomic E-state index is 0.0578. The summed E-state index contributed by atoms with van der Waals surface area (Å²) in [6.45, 7) is 1.91. The molecule has 2 unspecified atom stereocenters. The van der Waals surface area contributed by atoms with Gasteiger partial charge in [-0.2, -0.15) is 0 Å². The molecule has 166 valence electrons. The van der Waals surface area contributed by atoms with Crippen molar-refractivity contribution in [2.45, 2.75) is 32.1 Å². The van der Waals surface area contributed by atoms with E-state index in [1.54, 1.807) is 19.2 Å². The Labute approximate surface area is 186 Å². The quantitative estimate of drug-likeness (QED) is 0.751. The molecule has 0 saturated carbocycles. The molecule has 2 aromatic rings. The highest BCUT2D eigenvalue weighted by Crippen LogP contribution is 2.40. The van der Waals surface area contributed by atoms with Gasteiger partial charge in [0.1, 0.15) is 11.5 Å². The molecule has 7 heteroatoms. The summed E-state index contributed by atoms with van der Waals surface area (Å²) in [5, 5.41) is 5.70. The number of hydrogen-bond acceptors (Lipinski definition) is 5. The van der Waals surface area contributed by atoms with E-state index in [1.165, 1.54) is 7.11 Å². The maximum Gasteiger partial charge on any atom is 0.232 e. The number of hydrogen-bond donors (Lipinski definition) is 2. The molecule has 0 bridgehead atoms. The van der Waals surface area contributed by atoms with Crippen LogP contribution >= 0.6 is 0 Å². The molecule has 2 aliphatic rings. The van der Waals surface area contributed by atoms with Crippen LogP contribution in [0.25, 0.3) is 0 Å². The summed E-state index contributed by atoms with van der Waals surface area (Å²) < 4.78 is 10.5. The molecular formula is C25H26N2O5. The third-order valence-corrected chi connectivity index (χ3v) is 6.05. The number of ether oxygens (including phenoxy) is 2. The third-order valence-electron chi connectivity index (χ3n) is 6.05. The Hall–Kier alpha value is -3.61. The van der Waals surface area contributed by atoms with Crippen molar-refractivity contribution in [2.24, 2.45) is 5.92 Å². The van der Waals surface area contributed by atoms with Crippen LogP contribution in [0.5, 0.6) is 11.5 Å². The molecule has 2 amide bonds. The second kappa shape index (κ2) is 8.86. The number of amides is 2. The van der Waals surface area contributed by atoms with Gasteiger partial charge < -0.3 is 20.1 Å². The van der Waals surface area contributed by atoms with Crippen molar-refractivity contribution in [1.29, 1.82) is 0 Å². The number of carbonyl (C=O) groups excluding carboxylic acids is 3. The third kappa shape index (κ3) is 4.23. The molecular weight excluding hydrogens is 408 g/mol. The summed E-state index contributed by atoms with van der Waals surface area (Å²) in [5.74, 6) is -0.378. The highest BCUT2D eigenvalue weighted by molar-refractivity contribution is 6.09. The molecule has 0 spiro atoms. The maximum atomic E-state index is 13.2. The smallest absolute Gasteiger partial charge is 0.232 e. The first kappa shape index (κ1) is 21.6. The summed E-state index contributed by atoms with van der Waals surface area (Å²) in [6, 6.07) is 13.0. The van der Waals surface area contributed by atoms with Gasteiger partial charge in [0.25, 0.3) is 0 Å². The van der Waals surface area contributed by atoms with E-state index in [0.717, 1.165) is 16.9 Å². The molecule has 2 N–H and O–H groups in total. The Morgan fingerprint density at radius 2 is 1.75 bits per heavy atom. The molecule has 0 fully saturated rings. The Bertz CT molecular complexity index is 1100. The average Bonchev–Trinajstić information content (AvgIpc) is 2.78. The first-order chi connectivity index (χ1) is 15.4. The van der Waals surface area contributed by atoms with Crippen molar-refractivity contribution < 1.29 is 23.9 Å². The summed E-state index contributed by atoms with van der Waals surface area (Å²) >= 11 is 0. The molecule has 2 atom stereocenters.